The Bertz CT molecular complexity index is 532. The van der Waals surface area contributed by atoms with Crippen LogP contribution in [0.5, 0.6) is 0 Å². The van der Waals surface area contributed by atoms with Crippen LogP contribution < -0.4 is 0 Å². The second-order valence-electron chi connectivity index (χ2n) is 4.50. The number of halogens is 2. The molecule has 1 atom stereocenters. The lowest BCUT2D eigenvalue weighted by Crippen LogP contribution is -2.26. The predicted molar refractivity (Wildman–Crippen MR) is 81.7 cm³/mol. The molecule has 4 nitrogen and oxygen atoms in total. The van der Waals surface area contributed by atoms with Crippen molar-refractivity contribution in [3.05, 3.63) is 36.1 Å². The Morgan fingerprint density at radius 1 is 1.43 bits per heavy atom. The van der Waals surface area contributed by atoms with Gasteiger partial charge in [-0.1, -0.05) is 35.9 Å². The monoisotopic (exact) mass is 329 g/mol. The third-order valence-corrected chi connectivity index (χ3v) is 4.11. The minimum Gasteiger partial charge on any atom is -0.494 e. The van der Waals surface area contributed by atoms with Crippen molar-refractivity contribution in [3.8, 4) is 6.07 Å². The Morgan fingerprint density at radius 3 is 2.48 bits per heavy atom. The van der Waals surface area contributed by atoms with Crippen LogP contribution in [0.1, 0.15) is 20.3 Å². The van der Waals surface area contributed by atoms with Gasteiger partial charge in [0.25, 0.3) is 0 Å². The van der Waals surface area contributed by atoms with E-state index in [0.717, 1.165) is 0 Å². The zero-order chi connectivity index (χ0) is 16.1. The van der Waals surface area contributed by atoms with E-state index < -0.39 is 15.7 Å². The Kier molecular flexibility index (Phi) is 5.88. The van der Waals surface area contributed by atoms with Gasteiger partial charge in [0.05, 0.1) is 6.61 Å². The molecule has 0 saturated heterocycles. The molecule has 1 fully saturated rings. The Labute approximate surface area is 134 Å². The molecular weight excluding hydrogens is 313 g/mol. The van der Waals surface area contributed by atoms with Gasteiger partial charge in [0.15, 0.2) is 6.61 Å². The molecule has 114 valence electrons. The van der Waals surface area contributed by atoms with E-state index in [1.807, 2.05) is 13.8 Å². The average Bonchev–Trinajstić information content (AvgIpc) is 3.04. The van der Waals surface area contributed by atoms with Gasteiger partial charge in [-0.3, -0.25) is 4.79 Å². The number of ether oxygens (including phenoxy) is 2. The number of rotatable bonds is 7. The molecule has 0 spiro atoms. The maximum absolute atomic E-state index is 12.1. The van der Waals surface area contributed by atoms with Crippen molar-refractivity contribution in [1.82, 2.24) is 0 Å². The topological polar surface area (TPSA) is 59.3 Å². The number of nitrogens with zero attached hydrogens (tertiary/aromatic N) is 1. The summed E-state index contributed by atoms with van der Waals surface area (Å²) in [5, 5.41) is 8.48. The molecular formula is C15H17Cl2NO3. The number of esters is 1. The van der Waals surface area contributed by atoms with Gasteiger partial charge in [-0.25, -0.2) is 0 Å². The highest BCUT2D eigenvalue weighted by atomic mass is 35.5. The Balaban J connectivity index is 2.89. The van der Waals surface area contributed by atoms with Crippen LogP contribution in [0.4, 0.5) is 0 Å². The molecule has 0 aromatic carbocycles. The predicted octanol–water partition coefficient (Wildman–Crippen LogP) is 3.67. The number of carbonyl (C=O) groups excluding carboxylic acids is 1. The van der Waals surface area contributed by atoms with Crippen molar-refractivity contribution in [2.75, 3.05) is 13.2 Å². The smallest absolute Gasteiger partial charge is 0.320 e. The second kappa shape index (κ2) is 7.02. The molecule has 1 unspecified atom stereocenters. The maximum atomic E-state index is 12.1. The van der Waals surface area contributed by atoms with E-state index in [1.165, 1.54) is 0 Å². The molecule has 1 rings (SSSR count). The fraction of sp³-hybridized carbons (Fsp3) is 0.467. The third kappa shape index (κ3) is 3.61. The fourth-order valence-corrected chi connectivity index (χ4v) is 2.73. The van der Waals surface area contributed by atoms with Gasteiger partial charge < -0.3 is 9.47 Å². The first-order chi connectivity index (χ1) is 9.85. The molecule has 1 saturated carbocycles. The molecule has 0 aromatic heterocycles. The number of hydrogen-bond acceptors (Lipinski definition) is 4. The van der Waals surface area contributed by atoms with E-state index in [0.29, 0.717) is 17.9 Å². The molecule has 0 bridgehead atoms. The largest absolute Gasteiger partial charge is 0.494 e. The van der Waals surface area contributed by atoms with Crippen LogP contribution in [0.2, 0.25) is 0 Å². The lowest BCUT2D eigenvalue weighted by molar-refractivity contribution is -0.147. The van der Waals surface area contributed by atoms with Crippen LogP contribution in [-0.2, 0) is 14.3 Å². The molecule has 0 amide bonds. The molecule has 0 radical (unpaired) electrons. The van der Waals surface area contributed by atoms with E-state index in [4.69, 9.17) is 37.9 Å². The number of carbonyl (C=O) groups is 1. The number of alkyl halides is 2. The Morgan fingerprint density at radius 2 is 2.05 bits per heavy atom. The van der Waals surface area contributed by atoms with Crippen molar-refractivity contribution in [3.63, 3.8) is 0 Å². The summed E-state index contributed by atoms with van der Waals surface area (Å²) in [5.74, 6) is 0.0109. The van der Waals surface area contributed by atoms with Gasteiger partial charge in [0, 0.05) is 6.42 Å². The van der Waals surface area contributed by atoms with Crippen LogP contribution >= 0.6 is 23.2 Å². The molecule has 1 aliphatic rings. The lowest BCUT2D eigenvalue weighted by atomic mass is 9.96. The molecule has 21 heavy (non-hydrogen) atoms. The van der Waals surface area contributed by atoms with E-state index in [9.17, 15) is 4.79 Å². The van der Waals surface area contributed by atoms with Crippen LogP contribution in [0.3, 0.4) is 0 Å². The fourth-order valence-electron chi connectivity index (χ4n) is 1.93. The van der Waals surface area contributed by atoms with E-state index in [1.54, 1.807) is 24.3 Å². The first kappa shape index (κ1) is 17.6. The summed E-state index contributed by atoms with van der Waals surface area (Å²) in [4.78, 5) is 12.1. The van der Waals surface area contributed by atoms with Gasteiger partial charge in [-0.15, -0.1) is 0 Å². The van der Waals surface area contributed by atoms with Crippen molar-refractivity contribution in [2.45, 2.75) is 24.6 Å². The van der Waals surface area contributed by atoms with Crippen LogP contribution in [0, 0.1) is 16.7 Å². The minimum atomic E-state index is -1.26. The van der Waals surface area contributed by atoms with Crippen molar-refractivity contribution < 1.29 is 14.3 Å². The average molecular weight is 330 g/mol. The number of hydrogen-bond donors (Lipinski definition) is 0. The second-order valence-corrected chi connectivity index (χ2v) is 5.99. The number of allylic oxidation sites excluding steroid dienone is 3. The van der Waals surface area contributed by atoms with Crippen molar-refractivity contribution >= 4 is 29.2 Å². The highest BCUT2D eigenvalue weighted by molar-refractivity contribution is 6.53. The molecule has 0 N–H and O–H groups in total. The van der Waals surface area contributed by atoms with Gasteiger partial charge in [0.1, 0.15) is 21.6 Å². The first-order valence-corrected chi connectivity index (χ1v) is 7.20. The van der Waals surface area contributed by atoms with E-state index in [-0.39, 0.29) is 13.0 Å². The van der Waals surface area contributed by atoms with Gasteiger partial charge >= 0.3 is 5.97 Å². The summed E-state index contributed by atoms with van der Waals surface area (Å²) in [5.41, 5.74) is -0.774. The zero-order valence-electron chi connectivity index (χ0n) is 12.0. The van der Waals surface area contributed by atoms with Crippen LogP contribution in [-0.4, -0.2) is 23.5 Å². The molecule has 6 heteroatoms. The molecule has 0 heterocycles. The van der Waals surface area contributed by atoms with Gasteiger partial charge in [0.2, 0.25) is 0 Å². The number of nitriles is 1. The standard InChI is InChI=1S/C15H17Cl2NO3/c1-4-12(20-5-2)7-6-11(3)14(10-15(14,16)17)13(19)21-9-8-18/h4,6-7H,3,5,9-10H2,1-2H3/b7-6-,12-4+. The van der Waals surface area contributed by atoms with Crippen molar-refractivity contribution in [2.24, 2.45) is 5.41 Å². The summed E-state index contributed by atoms with van der Waals surface area (Å²) in [6.45, 7) is 7.74. The van der Waals surface area contributed by atoms with E-state index in [2.05, 4.69) is 6.58 Å². The molecule has 1 aliphatic carbocycles. The summed E-state index contributed by atoms with van der Waals surface area (Å²) in [7, 11) is 0. The maximum Gasteiger partial charge on any atom is 0.320 e. The van der Waals surface area contributed by atoms with E-state index >= 15 is 0 Å². The zero-order valence-corrected chi connectivity index (χ0v) is 13.5. The van der Waals surface area contributed by atoms with Crippen LogP contribution in [0.25, 0.3) is 0 Å². The lowest BCUT2D eigenvalue weighted by Gasteiger charge is -2.16. The van der Waals surface area contributed by atoms with Crippen LogP contribution in [0.15, 0.2) is 36.1 Å². The van der Waals surface area contributed by atoms with Gasteiger partial charge in [-0.2, -0.15) is 5.26 Å². The summed E-state index contributed by atoms with van der Waals surface area (Å²) in [6.07, 6.45) is 5.31. The highest BCUT2D eigenvalue weighted by Crippen LogP contribution is 2.68. The minimum absolute atomic E-state index is 0.205. The summed E-state index contributed by atoms with van der Waals surface area (Å²) < 4.78 is 8.95. The van der Waals surface area contributed by atoms with Crippen molar-refractivity contribution in [1.29, 1.82) is 5.26 Å². The Hall–Kier alpha value is -1.44. The summed E-state index contributed by atoms with van der Waals surface area (Å²) in [6, 6.07) is 1.73. The first-order valence-electron chi connectivity index (χ1n) is 6.44. The highest BCUT2D eigenvalue weighted by Gasteiger charge is 2.73. The normalized spacial score (nSPS) is 23.5. The summed E-state index contributed by atoms with van der Waals surface area (Å²) >= 11 is 12.2. The molecule has 0 aromatic rings. The van der Waals surface area contributed by atoms with Gasteiger partial charge in [-0.05, 0) is 31.6 Å². The third-order valence-electron chi connectivity index (χ3n) is 3.20. The molecule has 0 aliphatic heterocycles. The quantitative estimate of drug-likeness (QED) is 0.309. The SMILES string of the molecule is C=C(/C=C\C(=C/C)OCC)C1(C(=O)OCC#N)CC1(Cl)Cl.